The lowest BCUT2D eigenvalue weighted by atomic mass is 9.96. The average Bonchev–Trinajstić information content (AvgIpc) is 2.43. The van der Waals surface area contributed by atoms with E-state index in [2.05, 4.69) is 5.32 Å². The molecule has 1 amide bonds. The monoisotopic (exact) mass is 256 g/mol. The lowest BCUT2D eigenvalue weighted by Crippen LogP contribution is -2.44. The number of hydrogen-bond donors (Lipinski definition) is 1. The summed E-state index contributed by atoms with van der Waals surface area (Å²) in [4.78, 5) is 25.4. The quantitative estimate of drug-likeness (QED) is 0.734. The van der Waals surface area contributed by atoms with Crippen molar-refractivity contribution in [2.45, 2.75) is 26.7 Å². The van der Waals surface area contributed by atoms with Crippen molar-refractivity contribution < 1.29 is 14.3 Å². The van der Waals surface area contributed by atoms with Crippen molar-refractivity contribution in [3.05, 3.63) is 0 Å². The van der Waals surface area contributed by atoms with Gasteiger partial charge in [0, 0.05) is 25.6 Å². The van der Waals surface area contributed by atoms with Crippen LogP contribution >= 0.6 is 0 Å². The Hall–Kier alpha value is -1.10. The van der Waals surface area contributed by atoms with Crippen LogP contribution in [0.25, 0.3) is 0 Å². The molecule has 1 atom stereocenters. The number of nitrogens with zero attached hydrogens (tertiary/aromatic N) is 1. The molecule has 0 spiro atoms. The van der Waals surface area contributed by atoms with E-state index in [9.17, 15) is 9.59 Å². The molecule has 1 aliphatic heterocycles. The third-order valence-corrected chi connectivity index (χ3v) is 3.46. The molecule has 5 heteroatoms. The van der Waals surface area contributed by atoms with E-state index in [0.717, 1.165) is 6.54 Å². The van der Waals surface area contributed by atoms with Crippen LogP contribution in [0.1, 0.15) is 26.7 Å². The minimum atomic E-state index is -0.150. The van der Waals surface area contributed by atoms with Crippen molar-refractivity contribution in [3.8, 4) is 0 Å². The molecular weight excluding hydrogens is 232 g/mol. The van der Waals surface area contributed by atoms with Gasteiger partial charge in [-0.15, -0.1) is 0 Å². The van der Waals surface area contributed by atoms with Gasteiger partial charge in [-0.25, -0.2) is 0 Å². The predicted octanol–water partition coefficient (Wildman–Crippen LogP) is 0.644. The molecule has 1 N–H and O–H groups in total. The fraction of sp³-hybridized carbons (Fsp3) is 0.846. The second-order valence-corrected chi connectivity index (χ2v) is 4.83. The van der Waals surface area contributed by atoms with Crippen LogP contribution in [0.3, 0.4) is 0 Å². The second kappa shape index (κ2) is 7.36. The second-order valence-electron chi connectivity index (χ2n) is 4.83. The normalized spacial score (nSPS) is 18.5. The van der Waals surface area contributed by atoms with E-state index in [4.69, 9.17) is 4.74 Å². The van der Waals surface area contributed by atoms with Gasteiger partial charge in [0.15, 0.2) is 0 Å². The van der Waals surface area contributed by atoms with E-state index in [-0.39, 0.29) is 23.7 Å². The number of carbonyl (C=O) groups excluding carboxylic acids is 2. The summed E-state index contributed by atoms with van der Waals surface area (Å²) >= 11 is 0. The summed E-state index contributed by atoms with van der Waals surface area (Å²) in [5, 5.41) is 3.18. The summed E-state index contributed by atoms with van der Waals surface area (Å²) in [6.07, 6.45) is 1.43. The van der Waals surface area contributed by atoms with Crippen molar-refractivity contribution in [1.29, 1.82) is 0 Å². The van der Waals surface area contributed by atoms with Crippen molar-refractivity contribution >= 4 is 11.9 Å². The molecule has 0 bridgehead atoms. The number of rotatable bonds is 5. The maximum atomic E-state index is 12.1. The average molecular weight is 256 g/mol. The van der Waals surface area contributed by atoms with Gasteiger partial charge in [0.2, 0.25) is 5.91 Å². The van der Waals surface area contributed by atoms with Gasteiger partial charge in [-0.05, 0) is 19.4 Å². The largest absolute Gasteiger partial charge is 0.469 e. The molecule has 18 heavy (non-hydrogen) atoms. The smallest absolute Gasteiger partial charge is 0.308 e. The van der Waals surface area contributed by atoms with Crippen molar-refractivity contribution in [2.24, 2.45) is 11.8 Å². The molecule has 0 aromatic heterocycles. The zero-order valence-electron chi connectivity index (χ0n) is 11.6. The first-order chi connectivity index (χ1) is 8.60. The number of carbonyl (C=O) groups is 2. The number of likely N-dealkylation sites (tertiary alicyclic amines) is 1. The summed E-state index contributed by atoms with van der Waals surface area (Å²) in [6.45, 7) is 6.88. The zero-order chi connectivity index (χ0) is 13.5. The summed E-state index contributed by atoms with van der Waals surface area (Å²) in [7, 11) is 1.42. The van der Waals surface area contributed by atoms with Gasteiger partial charge < -0.3 is 15.0 Å². The maximum absolute atomic E-state index is 12.1. The topological polar surface area (TPSA) is 58.6 Å². The number of methoxy groups -OCH3 is 1. The molecule has 104 valence electrons. The van der Waals surface area contributed by atoms with E-state index in [1.165, 1.54) is 7.11 Å². The molecule has 0 aromatic carbocycles. The van der Waals surface area contributed by atoms with E-state index in [0.29, 0.717) is 32.5 Å². The van der Waals surface area contributed by atoms with Gasteiger partial charge in [0.25, 0.3) is 0 Å². The van der Waals surface area contributed by atoms with E-state index in [1.807, 2.05) is 18.7 Å². The number of amides is 1. The van der Waals surface area contributed by atoms with Crippen LogP contribution in [0, 0.1) is 11.8 Å². The van der Waals surface area contributed by atoms with Gasteiger partial charge in [0.05, 0.1) is 13.0 Å². The van der Waals surface area contributed by atoms with E-state index < -0.39 is 0 Å². The molecular formula is C13H24N2O3. The maximum Gasteiger partial charge on any atom is 0.308 e. The Balaban J connectivity index is 2.37. The van der Waals surface area contributed by atoms with Gasteiger partial charge in [0.1, 0.15) is 0 Å². The van der Waals surface area contributed by atoms with Crippen LogP contribution in [-0.4, -0.2) is 50.1 Å². The molecule has 0 radical (unpaired) electrons. The van der Waals surface area contributed by atoms with Crippen molar-refractivity contribution in [2.75, 3.05) is 33.3 Å². The predicted molar refractivity (Wildman–Crippen MR) is 69.0 cm³/mol. The Kier molecular flexibility index (Phi) is 6.12. The van der Waals surface area contributed by atoms with Crippen LogP contribution in [-0.2, 0) is 14.3 Å². The molecule has 5 nitrogen and oxygen atoms in total. The summed E-state index contributed by atoms with van der Waals surface area (Å²) in [5.74, 6) is -0.00943. The summed E-state index contributed by atoms with van der Waals surface area (Å²) < 4.78 is 4.73. The highest BCUT2D eigenvalue weighted by atomic mass is 16.5. The Morgan fingerprint density at radius 2 is 2.00 bits per heavy atom. The van der Waals surface area contributed by atoms with Crippen LogP contribution < -0.4 is 5.32 Å². The molecule has 1 aliphatic rings. The first-order valence-electron chi connectivity index (χ1n) is 6.67. The van der Waals surface area contributed by atoms with Gasteiger partial charge >= 0.3 is 5.97 Å². The summed E-state index contributed by atoms with van der Waals surface area (Å²) in [5.41, 5.74) is 0. The Morgan fingerprint density at radius 3 is 2.50 bits per heavy atom. The Morgan fingerprint density at radius 1 is 1.39 bits per heavy atom. The molecule has 0 aliphatic carbocycles. The van der Waals surface area contributed by atoms with E-state index in [1.54, 1.807) is 0 Å². The van der Waals surface area contributed by atoms with Crippen molar-refractivity contribution in [3.63, 3.8) is 0 Å². The standard InChI is InChI=1S/C13H24N2O3/c1-4-14-9-10(2)12(16)15-7-5-11(6-8-15)13(17)18-3/h10-11,14H,4-9H2,1-3H3. The number of esters is 1. The summed E-state index contributed by atoms with van der Waals surface area (Å²) in [6, 6.07) is 0. The fourth-order valence-corrected chi connectivity index (χ4v) is 2.26. The number of nitrogens with one attached hydrogen (secondary N) is 1. The molecule has 1 fully saturated rings. The van der Waals surface area contributed by atoms with Crippen LogP contribution in [0.4, 0.5) is 0 Å². The molecule has 0 aromatic rings. The van der Waals surface area contributed by atoms with Gasteiger partial charge in [-0.2, -0.15) is 0 Å². The highest BCUT2D eigenvalue weighted by Gasteiger charge is 2.29. The van der Waals surface area contributed by atoms with Crippen LogP contribution in [0.2, 0.25) is 0 Å². The third kappa shape index (κ3) is 3.98. The van der Waals surface area contributed by atoms with E-state index >= 15 is 0 Å². The Bertz CT molecular complexity index is 286. The Labute approximate surface area is 109 Å². The minimum Gasteiger partial charge on any atom is -0.469 e. The molecule has 1 rings (SSSR count). The lowest BCUT2D eigenvalue weighted by Gasteiger charge is -2.32. The first kappa shape index (κ1) is 15.0. The first-order valence-corrected chi connectivity index (χ1v) is 6.67. The highest BCUT2D eigenvalue weighted by molar-refractivity contribution is 5.79. The number of piperidine rings is 1. The van der Waals surface area contributed by atoms with Gasteiger partial charge in [-0.3, -0.25) is 9.59 Å². The highest BCUT2D eigenvalue weighted by Crippen LogP contribution is 2.19. The molecule has 0 saturated carbocycles. The molecule has 1 saturated heterocycles. The van der Waals surface area contributed by atoms with Crippen molar-refractivity contribution in [1.82, 2.24) is 10.2 Å². The third-order valence-electron chi connectivity index (χ3n) is 3.46. The number of hydrogen-bond acceptors (Lipinski definition) is 4. The minimum absolute atomic E-state index is 0.000346. The van der Waals surface area contributed by atoms with Crippen LogP contribution in [0.15, 0.2) is 0 Å². The lowest BCUT2D eigenvalue weighted by molar-refractivity contribution is -0.149. The van der Waals surface area contributed by atoms with Crippen LogP contribution in [0.5, 0.6) is 0 Å². The number of ether oxygens (including phenoxy) is 1. The SMILES string of the molecule is CCNCC(C)C(=O)N1CCC(C(=O)OC)CC1. The van der Waals surface area contributed by atoms with Gasteiger partial charge in [-0.1, -0.05) is 13.8 Å². The molecule has 1 unspecified atom stereocenters. The zero-order valence-corrected chi connectivity index (χ0v) is 11.6. The molecule has 1 heterocycles. The fourth-order valence-electron chi connectivity index (χ4n) is 2.26.